The number of aliphatic hydroxyl groups excluding tert-OH is 1. The molecule has 1 aliphatic rings. The van der Waals surface area contributed by atoms with Gasteiger partial charge in [0.2, 0.25) is 0 Å². The molecule has 0 saturated carbocycles. The Balaban J connectivity index is 1.54. The van der Waals surface area contributed by atoms with Crippen LogP contribution in [0.3, 0.4) is 0 Å². The number of aromatic nitrogens is 1. The van der Waals surface area contributed by atoms with E-state index >= 15 is 0 Å². The van der Waals surface area contributed by atoms with Crippen molar-refractivity contribution in [3.8, 4) is 5.75 Å². The van der Waals surface area contributed by atoms with Crippen molar-refractivity contribution in [2.45, 2.75) is 18.6 Å². The Morgan fingerprint density at radius 2 is 2.18 bits per heavy atom. The Morgan fingerprint density at radius 1 is 1.32 bits per heavy atom. The summed E-state index contributed by atoms with van der Waals surface area (Å²) in [6.07, 6.45) is 3.97. The average Bonchev–Trinajstić information content (AvgIpc) is 2.95. The van der Waals surface area contributed by atoms with Gasteiger partial charge < -0.3 is 9.84 Å². The first kappa shape index (κ1) is 15.3. The molecule has 1 saturated heterocycles. The number of hydrogen-bond acceptors (Lipinski definition) is 4. The quantitative estimate of drug-likeness (QED) is 0.920. The third kappa shape index (κ3) is 3.77. The van der Waals surface area contributed by atoms with E-state index in [-0.39, 0.29) is 6.10 Å². The SMILES string of the molecule is OC(CN1CCC(Oc2cccnc2)C1)c1ccccc1Cl. The number of pyridine rings is 1. The molecule has 22 heavy (non-hydrogen) atoms. The molecule has 1 aromatic heterocycles. The molecule has 116 valence electrons. The zero-order valence-electron chi connectivity index (χ0n) is 12.2. The molecule has 2 heterocycles. The molecule has 1 fully saturated rings. The van der Waals surface area contributed by atoms with Crippen LogP contribution >= 0.6 is 11.6 Å². The molecule has 0 spiro atoms. The highest BCUT2D eigenvalue weighted by Crippen LogP contribution is 2.25. The summed E-state index contributed by atoms with van der Waals surface area (Å²) in [6, 6.07) is 11.2. The average molecular weight is 319 g/mol. The minimum Gasteiger partial charge on any atom is -0.487 e. The summed E-state index contributed by atoms with van der Waals surface area (Å²) in [6.45, 7) is 2.28. The Labute approximate surface area is 135 Å². The molecule has 0 radical (unpaired) electrons. The highest BCUT2D eigenvalue weighted by molar-refractivity contribution is 6.31. The Morgan fingerprint density at radius 3 is 2.95 bits per heavy atom. The van der Waals surface area contributed by atoms with Crippen LogP contribution in [0.15, 0.2) is 48.8 Å². The van der Waals surface area contributed by atoms with E-state index in [2.05, 4.69) is 9.88 Å². The first-order valence-corrected chi connectivity index (χ1v) is 7.81. The van der Waals surface area contributed by atoms with Gasteiger partial charge in [-0.2, -0.15) is 0 Å². The highest BCUT2D eigenvalue weighted by atomic mass is 35.5. The minimum absolute atomic E-state index is 0.141. The van der Waals surface area contributed by atoms with Crippen molar-refractivity contribution in [2.24, 2.45) is 0 Å². The molecule has 1 aliphatic heterocycles. The van der Waals surface area contributed by atoms with E-state index in [9.17, 15) is 5.11 Å². The number of β-amino-alcohol motifs (C(OH)–C–C–N with tert-alkyl or cyclic N) is 1. The molecule has 1 aromatic carbocycles. The second kappa shape index (κ2) is 7.09. The van der Waals surface area contributed by atoms with Gasteiger partial charge in [-0.25, -0.2) is 0 Å². The van der Waals surface area contributed by atoms with Gasteiger partial charge in [-0.1, -0.05) is 29.8 Å². The number of rotatable bonds is 5. The van der Waals surface area contributed by atoms with Gasteiger partial charge in [-0.15, -0.1) is 0 Å². The third-order valence-electron chi connectivity index (χ3n) is 3.86. The molecule has 2 unspecified atom stereocenters. The van der Waals surface area contributed by atoms with Crippen molar-refractivity contribution < 1.29 is 9.84 Å². The largest absolute Gasteiger partial charge is 0.487 e. The molecule has 0 aliphatic carbocycles. The lowest BCUT2D eigenvalue weighted by atomic mass is 10.1. The van der Waals surface area contributed by atoms with E-state index in [1.165, 1.54) is 0 Å². The smallest absolute Gasteiger partial charge is 0.138 e. The summed E-state index contributed by atoms with van der Waals surface area (Å²) in [5.74, 6) is 0.793. The standard InChI is InChI=1S/C17H19ClN2O2/c18-16-6-2-1-5-15(16)17(21)12-20-9-7-14(11-20)22-13-4-3-8-19-10-13/h1-6,8,10,14,17,21H,7,9,11-12H2. The summed E-state index contributed by atoms with van der Waals surface area (Å²) in [4.78, 5) is 6.25. The lowest BCUT2D eigenvalue weighted by Gasteiger charge is -2.21. The number of likely N-dealkylation sites (tertiary alicyclic amines) is 1. The van der Waals surface area contributed by atoms with Crippen molar-refractivity contribution in [2.75, 3.05) is 19.6 Å². The summed E-state index contributed by atoms with van der Waals surface area (Å²) < 4.78 is 5.90. The molecule has 0 amide bonds. The van der Waals surface area contributed by atoms with Crippen LogP contribution in [0.1, 0.15) is 18.1 Å². The lowest BCUT2D eigenvalue weighted by molar-refractivity contribution is 0.117. The molecular weight excluding hydrogens is 300 g/mol. The molecule has 2 aromatic rings. The first-order valence-electron chi connectivity index (χ1n) is 7.44. The lowest BCUT2D eigenvalue weighted by Crippen LogP contribution is -2.29. The number of hydrogen-bond donors (Lipinski definition) is 1. The van der Waals surface area contributed by atoms with E-state index in [1.54, 1.807) is 18.5 Å². The van der Waals surface area contributed by atoms with Gasteiger partial charge in [-0.3, -0.25) is 9.88 Å². The fraction of sp³-hybridized carbons (Fsp3) is 0.353. The Hall–Kier alpha value is -1.62. The molecular formula is C17H19ClN2O2. The van der Waals surface area contributed by atoms with E-state index < -0.39 is 6.10 Å². The first-order chi connectivity index (χ1) is 10.7. The monoisotopic (exact) mass is 318 g/mol. The summed E-state index contributed by atoms with van der Waals surface area (Å²) in [5.41, 5.74) is 0.779. The summed E-state index contributed by atoms with van der Waals surface area (Å²) >= 11 is 6.13. The van der Waals surface area contributed by atoms with Gasteiger partial charge in [0.05, 0.1) is 12.3 Å². The van der Waals surface area contributed by atoms with E-state index in [0.717, 1.165) is 30.8 Å². The molecule has 4 nitrogen and oxygen atoms in total. The number of benzene rings is 1. The van der Waals surface area contributed by atoms with Crippen molar-refractivity contribution in [3.63, 3.8) is 0 Å². The number of ether oxygens (including phenoxy) is 1. The van der Waals surface area contributed by atoms with Crippen LogP contribution in [-0.2, 0) is 0 Å². The number of nitrogens with zero attached hydrogens (tertiary/aromatic N) is 2. The fourth-order valence-corrected chi connectivity index (χ4v) is 3.02. The Kier molecular flexibility index (Phi) is 4.93. The third-order valence-corrected chi connectivity index (χ3v) is 4.21. The maximum absolute atomic E-state index is 10.4. The second-order valence-electron chi connectivity index (χ2n) is 5.51. The second-order valence-corrected chi connectivity index (χ2v) is 5.92. The highest BCUT2D eigenvalue weighted by Gasteiger charge is 2.26. The zero-order chi connectivity index (χ0) is 15.4. The van der Waals surface area contributed by atoms with Crippen LogP contribution in [-0.4, -0.2) is 40.7 Å². The number of aliphatic hydroxyl groups is 1. The van der Waals surface area contributed by atoms with E-state index in [0.29, 0.717) is 11.6 Å². The molecule has 5 heteroatoms. The van der Waals surface area contributed by atoms with Crippen LogP contribution in [0, 0.1) is 0 Å². The normalized spacial score (nSPS) is 20.0. The summed E-state index contributed by atoms with van der Waals surface area (Å²) in [5, 5.41) is 11.0. The van der Waals surface area contributed by atoms with Gasteiger partial charge in [0.15, 0.2) is 0 Å². The molecule has 1 N–H and O–H groups in total. The van der Waals surface area contributed by atoms with Gasteiger partial charge in [-0.05, 0) is 24.6 Å². The van der Waals surface area contributed by atoms with Gasteiger partial charge in [0, 0.05) is 36.4 Å². The maximum Gasteiger partial charge on any atom is 0.138 e. The minimum atomic E-state index is -0.578. The van der Waals surface area contributed by atoms with E-state index in [1.807, 2.05) is 30.3 Å². The van der Waals surface area contributed by atoms with Crippen molar-refractivity contribution in [3.05, 3.63) is 59.4 Å². The Bertz CT molecular complexity index is 609. The van der Waals surface area contributed by atoms with Gasteiger partial charge in [0.25, 0.3) is 0 Å². The van der Waals surface area contributed by atoms with Crippen LogP contribution < -0.4 is 4.74 Å². The van der Waals surface area contributed by atoms with Crippen LogP contribution in [0.25, 0.3) is 0 Å². The topological polar surface area (TPSA) is 45.6 Å². The van der Waals surface area contributed by atoms with Crippen molar-refractivity contribution in [1.29, 1.82) is 0 Å². The number of halogens is 1. The van der Waals surface area contributed by atoms with E-state index in [4.69, 9.17) is 16.3 Å². The van der Waals surface area contributed by atoms with Gasteiger partial charge >= 0.3 is 0 Å². The van der Waals surface area contributed by atoms with Gasteiger partial charge in [0.1, 0.15) is 11.9 Å². The predicted octanol–water partition coefficient (Wildman–Crippen LogP) is 2.92. The zero-order valence-corrected chi connectivity index (χ0v) is 13.0. The molecule has 0 bridgehead atoms. The van der Waals surface area contributed by atoms with Crippen LogP contribution in [0.5, 0.6) is 5.75 Å². The summed E-state index contributed by atoms with van der Waals surface area (Å²) in [7, 11) is 0. The predicted molar refractivity (Wildman–Crippen MR) is 86.1 cm³/mol. The maximum atomic E-state index is 10.4. The fourth-order valence-electron chi connectivity index (χ4n) is 2.76. The van der Waals surface area contributed by atoms with Crippen LogP contribution in [0.4, 0.5) is 0 Å². The molecule has 3 rings (SSSR count). The molecule has 2 atom stereocenters. The van der Waals surface area contributed by atoms with Crippen LogP contribution in [0.2, 0.25) is 5.02 Å². The van der Waals surface area contributed by atoms with Crippen molar-refractivity contribution >= 4 is 11.6 Å². The van der Waals surface area contributed by atoms with Crippen molar-refractivity contribution in [1.82, 2.24) is 9.88 Å².